The van der Waals surface area contributed by atoms with Crippen molar-refractivity contribution < 1.29 is 9.84 Å². The molecule has 2 nitrogen and oxygen atoms in total. The lowest BCUT2D eigenvalue weighted by molar-refractivity contribution is 0.174. The summed E-state index contributed by atoms with van der Waals surface area (Å²) in [7, 11) is 1.58. The number of benzene rings is 2. The molecule has 0 saturated heterocycles. The average Bonchev–Trinajstić information content (AvgIpc) is 2.42. The van der Waals surface area contributed by atoms with Gasteiger partial charge in [-0.2, -0.15) is 0 Å². The molecule has 0 fully saturated rings. The second-order valence-corrected chi connectivity index (χ2v) is 6.08. The smallest absolute Gasteiger partial charge is 0.125 e. The molecule has 1 atom stereocenters. The van der Waals surface area contributed by atoms with Gasteiger partial charge >= 0.3 is 0 Å². The SMILES string of the molecule is COc1cc(Br)ccc1C(O)Cc1ccc(Cl)c(Cl)c1. The van der Waals surface area contributed by atoms with E-state index in [1.54, 1.807) is 19.2 Å². The van der Waals surface area contributed by atoms with Crippen LogP contribution in [0.25, 0.3) is 0 Å². The molecule has 0 heterocycles. The van der Waals surface area contributed by atoms with Crippen molar-refractivity contribution in [2.24, 2.45) is 0 Å². The monoisotopic (exact) mass is 374 g/mol. The number of ether oxygens (including phenoxy) is 1. The molecule has 2 rings (SSSR count). The third-order valence-electron chi connectivity index (χ3n) is 2.97. The Balaban J connectivity index is 2.23. The summed E-state index contributed by atoms with van der Waals surface area (Å²) in [5.41, 5.74) is 1.65. The first kappa shape index (κ1) is 15.6. The maximum Gasteiger partial charge on any atom is 0.125 e. The standard InChI is InChI=1S/C15H13BrCl2O2/c1-20-15-8-10(16)3-4-11(15)14(19)7-9-2-5-12(17)13(18)6-9/h2-6,8,14,19H,7H2,1H3. The quantitative estimate of drug-likeness (QED) is 0.810. The van der Waals surface area contributed by atoms with E-state index >= 15 is 0 Å². The van der Waals surface area contributed by atoms with Gasteiger partial charge in [0.05, 0.1) is 23.3 Å². The first-order chi connectivity index (χ1) is 9.51. The lowest BCUT2D eigenvalue weighted by atomic mass is 10.0. The van der Waals surface area contributed by atoms with Gasteiger partial charge in [0.2, 0.25) is 0 Å². The summed E-state index contributed by atoms with van der Waals surface area (Å²) < 4.78 is 6.19. The third kappa shape index (κ3) is 3.67. The van der Waals surface area contributed by atoms with Crippen molar-refractivity contribution in [1.29, 1.82) is 0 Å². The van der Waals surface area contributed by atoms with Crippen molar-refractivity contribution >= 4 is 39.1 Å². The van der Waals surface area contributed by atoms with E-state index in [0.29, 0.717) is 22.2 Å². The van der Waals surface area contributed by atoms with Gasteiger partial charge in [-0.15, -0.1) is 0 Å². The van der Waals surface area contributed by atoms with Crippen LogP contribution in [0.15, 0.2) is 40.9 Å². The van der Waals surface area contributed by atoms with Crippen molar-refractivity contribution in [2.75, 3.05) is 7.11 Å². The summed E-state index contributed by atoms with van der Waals surface area (Å²) in [6.07, 6.45) is -0.232. The topological polar surface area (TPSA) is 29.5 Å². The molecule has 0 bridgehead atoms. The van der Waals surface area contributed by atoms with E-state index in [-0.39, 0.29) is 0 Å². The minimum Gasteiger partial charge on any atom is -0.496 e. The van der Waals surface area contributed by atoms with E-state index in [9.17, 15) is 5.11 Å². The van der Waals surface area contributed by atoms with Crippen molar-refractivity contribution in [1.82, 2.24) is 0 Å². The number of hydrogen-bond acceptors (Lipinski definition) is 2. The summed E-state index contributed by atoms with van der Waals surface area (Å²) >= 11 is 15.2. The number of rotatable bonds is 4. The molecule has 0 aromatic heterocycles. The number of aliphatic hydroxyl groups excluding tert-OH is 1. The van der Waals surface area contributed by atoms with Crippen molar-refractivity contribution in [2.45, 2.75) is 12.5 Å². The molecule has 0 amide bonds. The summed E-state index contributed by atoms with van der Waals surface area (Å²) in [4.78, 5) is 0. The highest BCUT2D eigenvalue weighted by molar-refractivity contribution is 9.10. The Morgan fingerprint density at radius 2 is 1.90 bits per heavy atom. The van der Waals surface area contributed by atoms with E-state index in [1.165, 1.54) is 0 Å². The van der Waals surface area contributed by atoms with E-state index in [4.69, 9.17) is 27.9 Å². The summed E-state index contributed by atoms with van der Waals surface area (Å²) in [6.45, 7) is 0. The number of aliphatic hydroxyl groups is 1. The van der Waals surface area contributed by atoms with Crippen LogP contribution < -0.4 is 4.74 Å². The van der Waals surface area contributed by atoms with Crippen LogP contribution in [0, 0.1) is 0 Å². The molecule has 20 heavy (non-hydrogen) atoms. The Morgan fingerprint density at radius 3 is 2.55 bits per heavy atom. The fourth-order valence-electron chi connectivity index (χ4n) is 1.96. The summed E-state index contributed by atoms with van der Waals surface area (Å²) in [5, 5.41) is 11.4. The van der Waals surface area contributed by atoms with Crippen LogP contribution in [0.1, 0.15) is 17.2 Å². The van der Waals surface area contributed by atoms with Gasteiger partial charge in [-0.3, -0.25) is 0 Å². The molecule has 0 spiro atoms. The van der Waals surface area contributed by atoms with E-state index in [2.05, 4.69) is 15.9 Å². The molecule has 0 aliphatic heterocycles. The van der Waals surface area contributed by atoms with Crippen LogP contribution in [0.5, 0.6) is 5.75 Å². The summed E-state index contributed by atoms with van der Waals surface area (Å²) in [5.74, 6) is 0.645. The van der Waals surface area contributed by atoms with Crippen LogP contribution in [0.4, 0.5) is 0 Å². The zero-order chi connectivity index (χ0) is 14.7. The largest absolute Gasteiger partial charge is 0.496 e. The first-order valence-corrected chi connectivity index (χ1v) is 7.51. The number of hydrogen-bond donors (Lipinski definition) is 1. The van der Waals surface area contributed by atoms with Gasteiger partial charge in [-0.05, 0) is 29.8 Å². The van der Waals surface area contributed by atoms with Gasteiger partial charge in [0, 0.05) is 16.5 Å². The Labute approximate surface area is 136 Å². The normalized spacial score (nSPS) is 12.2. The lowest BCUT2D eigenvalue weighted by Gasteiger charge is -2.15. The van der Waals surface area contributed by atoms with Crippen LogP contribution >= 0.6 is 39.1 Å². The zero-order valence-corrected chi connectivity index (χ0v) is 13.8. The predicted octanol–water partition coefficient (Wildman–Crippen LogP) is 5.04. The highest BCUT2D eigenvalue weighted by atomic mass is 79.9. The number of halogens is 3. The molecular weight excluding hydrogens is 363 g/mol. The molecule has 5 heteroatoms. The Hall–Kier alpha value is -0.740. The minimum atomic E-state index is -0.671. The molecule has 0 saturated carbocycles. The minimum absolute atomic E-state index is 0.439. The Kier molecular flexibility index (Phi) is 5.33. The fourth-order valence-corrected chi connectivity index (χ4v) is 2.62. The van der Waals surface area contributed by atoms with Gasteiger partial charge in [0.25, 0.3) is 0 Å². The maximum absolute atomic E-state index is 10.4. The van der Waals surface area contributed by atoms with Crippen LogP contribution in [0.2, 0.25) is 10.0 Å². The van der Waals surface area contributed by atoms with Crippen molar-refractivity contribution in [3.05, 3.63) is 62.0 Å². The molecule has 1 unspecified atom stereocenters. The van der Waals surface area contributed by atoms with Gasteiger partial charge in [-0.25, -0.2) is 0 Å². The second kappa shape index (κ2) is 6.81. The number of methoxy groups -OCH3 is 1. The molecule has 0 aliphatic carbocycles. The van der Waals surface area contributed by atoms with Crippen molar-refractivity contribution in [3.8, 4) is 5.75 Å². The van der Waals surface area contributed by atoms with Crippen LogP contribution in [-0.4, -0.2) is 12.2 Å². The van der Waals surface area contributed by atoms with E-state index in [0.717, 1.165) is 15.6 Å². The fraction of sp³-hybridized carbons (Fsp3) is 0.200. The molecule has 106 valence electrons. The molecule has 0 radical (unpaired) electrons. The van der Waals surface area contributed by atoms with Crippen LogP contribution in [0.3, 0.4) is 0 Å². The van der Waals surface area contributed by atoms with Gasteiger partial charge < -0.3 is 9.84 Å². The lowest BCUT2D eigenvalue weighted by Crippen LogP contribution is -2.04. The van der Waals surface area contributed by atoms with Gasteiger partial charge in [0.1, 0.15) is 5.75 Å². The highest BCUT2D eigenvalue weighted by Crippen LogP contribution is 2.31. The first-order valence-electron chi connectivity index (χ1n) is 5.96. The molecular formula is C15H13BrCl2O2. The molecule has 1 N–H and O–H groups in total. The Morgan fingerprint density at radius 1 is 1.15 bits per heavy atom. The van der Waals surface area contributed by atoms with E-state index in [1.807, 2.05) is 24.3 Å². The molecule has 2 aromatic carbocycles. The second-order valence-electron chi connectivity index (χ2n) is 4.35. The van der Waals surface area contributed by atoms with Gasteiger partial charge in [-0.1, -0.05) is 51.3 Å². The molecule has 0 aliphatic rings. The van der Waals surface area contributed by atoms with E-state index < -0.39 is 6.10 Å². The van der Waals surface area contributed by atoms with Gasteiger partial charge in [0.15, 0.2) is 0 Å². The highest BCUT2D eigenvalue weighted by Gasteiger charge is 2.15. The molecule has 2 aromatic rings. The zero-order valence-electron chi connectivity index (χ0n) is 10.7. The Bertz CT molecular complexity index is 617. The third-order valence-corrected chi connectivity index (χ3v) is 4.20. The van der Waals surface area contributed by atoms with Crippen molar-refractivity contribution in [3.63, 3.8) is 0 Å². The maximum atomic E-state index is 10.4. The predicted molar refractivity (Wildman–Crippen MR) is 85.8 cm³/mol. The summed E-state index contributed by atoms with van der Waals surface area (Å²) in [6, 6.07) is 10.9. The van der Waals surface area contributed by atoms with Crippen LogP contribution in [-0.2, 0) is 6.42 Å². The average molecular weight is 376 g/mol.